The van der Waals surface area contributed by atoms with Crippen LogP contribution in [0.2, 0.25) is 0 Å². The number of nitrogens with two attached hydrogens (primary N) is 1. The van der Waals surface area contributed by atoms with Gasteiger partial charge in [-0.05, 0) is 127 Å². The first-order valence-electron chi connectivity index (χ1n) is 19.3. The zero-order chi connectivity index (χ0) is 44.6. The number of carbonyl (C=O) groups excluding carboxylic acids is 3. The van der Waals surface area contributed by atoms with Crippen molar-refractivity contribution in [2.24, 2.45) is 26.8 Å². The quantitative estimate of drug-likeness (QED) is 0.137. The van der Waals surface area contributed by atoms with Crippen LogP contribution in [0.15, 0.2) is 4.40 Å². The first kappa shape index (κ1) is 66.7. The van der Waals surface area contributed by atoms with Crippen LogP contribution >= 0.6 is 0 Å². The van der Waals surface area contributed by atoms with Crippen LogP contribution in [0.1, 0.15) is 143 Å². The van der Waals surface area contributed by atoms with E-state index in [4.69, 9.17) is 30.3 Å². The van der Waals surface area contributed by atoms with E-state index in [1.807, 2.05) is 67.2 Å². The minimum Gasteiger partial charge on any atom is -0.444 e. The molecule has 2 fully saturated rings. The molecular weight excluding hydrogens is 796 g/mol. The Morgan fingerprint density at radius 1 is 0.696 bits per heavy atom. The molecule has 2 rings (SSSR count). The molecule has 14 nitrogen and oxygen atoms in total. The number of aliphatic hydroxyl groups excluding tert-OH is 4. The predicted octanol–water partition coefficient (Wildman–Crippen LogP) is 5.43. The maximum absolute atomic E-state index is 11.9. The summed E-state index contributed by atoms with van der Waals surface area (Å²) in [4.78, 5) is 38.0. The fourth-order valence-electron chi connectivity index (χ4n) is 3.71. The molecule has 0 radical (unpaired) electrons. The number of hydrogen-bond acceptors (Lipinski definition) is 10. The maximum atomic E-state index is 11.9. The largest absolute Gasteiger partial charge is 0.444 e. The van der Waals surface area contributed by atoms with Crippen LogP contribution in [0, 0.1) is 17.3 Å². The van der Waals surface area contributed by atoms with Crippen LogP contribution in [-0.4, -0.2) is 131 Å². The van der Waals surface area contributed by atoms with Crippen molar-refractivity contribution < 1.29 is 69.7 Å². The van der Waals surface area contributed by atoms with Crippen LogP contribution in [0.4, 0.5) is 4.79 Å². The van der Waals surface area contributed by atoms with Crippen LogP contribution < -0.4 is 5.14 Å². The Hall–Kier alpha value is -1.11. The summed E-state index contributed by atoms with van der Waals surface area (Å²) in [6, 6.07) is 0. The van der Waals surface area contributed by atoms with Gasteiger partial charge in [-0.2, -0.15) is 4.40 Å². The molecule has 0 aromatic heterocycles. The molecule has 0 aliphatic carbocycles. The zero-order valence-corrected chi connectivity index (χ0v) is 41.2. The first-order valence-corrected chi connectivity index (χ1v) is 21.6. The van der Waals surface area contributed by atoms with Gasteiger partial charge in [0.1, 0.15) is 22.9 Å². The number of aldehydes is 1. The van der Waals surface area contributed by atoms with Gasteiger partial charge >= 0.3 is 6.09 Å². The van der Waals surface area contributed by atoms with Crippen molar-refractivity contribution in [3.05, 3.63) is 0 Å². The summed E-state index contributed by atoms with van der Waals surface area (Å²) in [5.41, 5.74) is -0.405. The van der Waals surface area contributed by atoms with Crippen LogP contribution in [0.25, 0.3) is 0 Å². The van der Waals surface area contributed by atoms with Gasteiger partial charge in [-0.15, -0.1) is 0 Å². The molecule has 2 aliphatic heterocycles. The summed E-state index contributed by atoms with van der Waals surface area (Å²) in [6.45, 7) is 33.6. The number of piperidine rings is 2. The SMILES string of the molecule is CC(C)(C)CC(=O)N1CCC(C=O)CC1.CC(C)(C)OC(=O)N1CCC(C=N[S@](=O)C(C)(C)C)CC1.CC(C)(C)[S@](N)=O.CCO.CCO.CCO.CCO.[Ti]. The Morgan fingerprint density at radius 3 is 1.29 bits per heavy atom. The van der Waals surface area contributed by atoms with E-state index in [-0.39, 0.29) is 86.9 Å². The number of ether oxygens (including phenoxy) is 1. The van der Waals surface area contributed by atoms with Gasteiger partial charge in [0.05, 0.1) is 20.5 Å². The molecule has 2 amide bonds. The molecule has 0 aromatic carbocycles. The minimum atomic E-state index is -1.21. The van der Waals surface area contributed by atoms with Crippen molar-refractivity contribution in [2.75, 3.05) is 52.6 Å². The van der Waals surface area contributed by atoms with E-state index in [2.05, 4.69) is 25.2 Å². The van der Waals surface area contributed by atoms with Crippen molar-refractivity contribution >= 4 is 46.5 Å². The normalized spacial score (nSPS) is 15.9. The molecular formula is C39H84N4O10S2Ti. The van der Waals surface area contributed by atoms with Gasteiger partial charge in [-0.3, -0.25) is 9.93 Å². The van der Waals surface area contributed by atoms with Gasteiger partial charge in [0.15, 0.2) is 0 Å². The fraction of sp³-hybridized carbons (Fsp3) is 0.897. The molecule has 17 heteroatoms. The fourth-order valence-corrected chi connectivity index (χ4v) is 4.31. The summed E-state index contributed by atoms with van der Waals surface area (Å²) in [6.07, 6.45) is 6.50. The molecule has 0 unspecified atom stereocenters. The number of likely N-dealkylation sites (tertiary alicyclic amines) is 2. The monoisotopic (exact) mass is 881 g/mol. The molecule has 0 bridgehead atoms. The number of rotatable bonds is 4. The summed E-state index contributed by atoms with van der Waals surface area (Å²) in [7, 11) is -2.39. The van der Waals surface area contributed by atoms with Crippen LogP contribution in [0.5, 0.6) is 0 Å². The third-order valence-corrected chi connectivity index (χ3v) is 9.02. The van der Waals surface area contributed by atoms with E-state index in [1.54, 1.807) is 38.8 Å². The molecule has 56 heavy (non-hydrogen) atoms. The van der Waals surface area contributed by atoms with Crippen molar-refractivity contribution in [3.8, 4) is 0 Å². The second-order valence-corrected chi connectivity index (χ2v) is 20.4. The van der Waals surface area contributed by atoms with Gasteiger partial charge < -0.3 is 39.8 Å². The number of carbonyl (C=O) groups is 3. The van der Waals surface area contributed by atoms with Gasteiger partial charge in [0.25, 0.3) is 0 Å². The van der Waals surface area contributed by atoms with Gasteiger partial charge in [0, 0.05) is 92.9 Å². The summed E-state index contributed by atoms with van der Waals surface area (Å²) in [5, 5.41) is 35.3. The number of aliphatic hydroxyl groups is 4. The first-order chi connectivity index (χ1) is 25.0. The zero-order valence-electron chi connectivity index (χ0n) is 38.0. The third-order valence-electron chi connectivity index (χ3n) is 6.45. The maximum Gasteiger partial charge on any atom is 0.410 e. The van der Waals surface area contributed by atoms with E-state index in [1.165, 1.54) is 0 Å². The number of amides is 2. The minimum absolute atomic E-state index is 0. The summed E-state index contributed by atoms with van der Waals surface area (Å²) < 4.78 is 31.2. The second kappa shape index (κ2) is 36.9. The topological polar surface area (TPSA) is 220 Å². The summed E-state index contributed by atoms with van der Waals surface area (Å²) in [5.74, 6) is 0.686. The van der Waals surface area contributed by atoms with Gasteiger partial charge in [-0.25, -0.2) is 13.2 Å². The molecule has 2 aliphatic rings. The average Bonchev–Trinajstić information content (AvgIpc) is 3.03. The van der Waals surface area contributed by atoms with E-state index in [9.17, 15) is 22.8 Å². The van der Waals surface area contributed by atoms with Crippen molar-refractivity contribution in [3.63, 3.8) is 0 Å². The number of hydrogen-bond donors (Lipinski definition) is 5. The Morgan fingerprint density at radius 2 is 1.02 bits per heavy atom. The van der Waals surface area contributed by atoms with E-state index in [0.29, 0.717) is 19.5 Å². The molecule has 6 N–H and O–H groups in total. The molecule has 336 valence electrons. The molecule has 2 atom stereocenters. The second-order valence-electron chi connectivity index (χ2n) is 16.7. The smallest absolute Gasteiger partial charge is 0.410 e. The summed E-state index contributed by atoms with van der Waals surface area (Å²) >= 11 is 0. The van der Waals surface area contributed by atoms with E-state index < -0.39 is 27.6 Å². The average molecular weight is 881 g/mol. The van der Waals surface area contributed by atoms with Crippen LogP contribution in [-0.2, 0) is 58.0 Å². The van der Waals surface area contributed by atoms with Crippen molar-refractivity contribution in [1.29, 1.82) is 0 Å². The van der Waals surface area contributed by atoms with Crippen LogP contribution in [0.3, 0.4) is 0 Å². The van der Waals surface area contributed by atoms with Gasteiger partial charge in [0.2, 0.25) is 5.91 Å². The molecule has 2 saturated heterocycles. The van der Waals surface area contributed by atoms with Crippen molar-refractivity contribution in [1.82, 2.24) is 9.80 Å². The van der Waals surface area contributed by atoms with E-state index in [0.717, 1.165) is 45.1 Å². The van der Waals surface area contributed by atoms with E-state index >= 15 is 0 Å². The predicted molar refractivity (Wildman–Crippen MR) is 229 cm³/mol. The van der Waals surface area contributed by atoms with Crippen molar-refractivity contribution in [2.45, 2.75) is 158 Å². The standard InChI is InChI=1S/C15H28N2O3S.C12H21NO2.C4H11NOS.4C2H6O.Ti/c1-14(2,3)20-13(18)17-9-7-12(8-10-17)11-16-21(19)15(4,5)6;1-12(2,3)8-11(15)13-6-4-10(9-14)5-7-13;1-4(2,3)7(5)6;4*1-2-3;/h11-12H,7-10H2,1-6H3;9-10H,4-8H2,1-3H3;5H2,1-3H3;4*3H,2H2,1H3;/t21-;;7-;;;;;/m1.1...../s1. The third kappa shape index (κ3) is 45.6. The van der Waals surface area contributed by atoms with Gasteiger partial charge in [-0.1, -0.05) is 20.8 Å². The molecule has 0 aromatic rings. The Kier molecular flexibility index (Phi) is 44.0. The molecule has 0 spiro atoms. The Bertz CT molecular complexity index is 1030. The molecule has 2 heterocycles. The molecule has 0 saturated carbocycles. The Labute approximate surface area is 361 Å². The Balaban J connectivity index is -0.000000155. The number of nitrogens with zero attached hydrogens (tertiary/aromatic N) is 3.